The summed E-state index contributed by atoms with van der Waals surface area (Å²) >= 11 is 0. The molecule has 0 saturated carbocycles. The van der Waals surface area contributed by atoms with Crippen molar-refractivity contribution in [3.63, 3.8) is 0 Å². The second kappa shape index (κ2) is 8.78. The van der Waals surface area contributed by atoms with Gasteiger partial charge in [-0.15, -0.1) is 0 Å². The number of ether oxygens (including phenoxy) is 1. The van der Waals surface area contributed by atoms with Crippen molar-refractivity contribution in [2.24, 2.45) is 0 Å². The van der Waals surface area contributed by atoms with E-state index in [0.717, 1.165) is 37.4 Å². The Kier molecular flexibility index (Phi) is 5.75. The Labute approximate surface area is 171 Å². The molecule has 0 atom stereocenters. The molecule has 5 nitrogen and oxygen atoms in total. The Morgan fingerprint density at radius 1 is 1.10 bits per heavy atom. The van der Waals surface area contributed by atoms with Crippen molar-refractivity contribution >= 4 is 11.6 Å². The maximum Gasteiger partial charge on any atom is 0.272 e. The standard InChI is InChI=1S/C24H25N3O2/c1-29-22-8-6-18(7-9-22)10-13-25-21-11-14-26-23(16-21)24(28)27-15-12-19-4-2-3-5-20(19)17-27/h2-9,11,14,16H,10,12-13,15,17H2,1H3,(H,25,26). The van der Waals surface area contributed by atoms with Gasteiger partial charge in [-0.1, -0.05) is 36.4 Å². The summed E-state index contributed by atoms with van der Waals surface area (Å²) in [7, 11) is 1.67. The molecule has 0 unspecified atom stereocenters. The highest BCUT2D eigenvalue weighted by Crippen LogP contribution is 2.20. The first kappa shape index (κ1) is 19.0. The molecule has 0 aliphatic carbocycles. The summed E-state index contributed by atoms with van der Waals surface area (Å²) in [6.45, 7) is 2.15. The number of nitrogens with zero attached hydrogens (tertiary/aromatic N) is 2. The molecular formula is C24H25N3O2. The van der Waals surface area contributed by atoms with Crippen LogP contribution in [0.2, 0.25) is 0 Å². The average molecular weight is 387 g/mol. The average Bonchev–Trinajstić information content (AvgIpc) is 2.79. The lowest BCUT2D eigenvalue weighted by Gasteiger charge is -2.28. The van der Waals surface area contributed by atoms with Crippen molar-refractivity contribution in [3.05, 3.63) is 89.2 Å². The molecule has 4 rings (SSSR count). The molecule has 148 valence electrons. The third-order valence-electron chi connectivity index (χ3n) is 5.30. The summed E-state index contributed by atoms with van der Waals surface area (Å²) in [5, 5.41) is 3.39. The van der Waals surface area contributed by atoms with E-state index in [-0.39, 0.29) is 5.91 Å². The van der Waals surface area contributed by atoms with Gasteiger partial charge in [0.05, 0.1) is 7.11 Å². The Bertz CT molecular complexity index is 985. The number of rotatable bonds is 6. The van der Waals surface area contributed by atoms with Crippen molar-refractivity contribution < 1.29 is 9.53 Å². The smallest absolute Gasteiger partial charge is 0.272 e. The van der Waals surface area contributed by atoms with Crippen LogP contribution in [-0.2, 0) is 19.4 Å². The van der Waals surface area contributed by atoms with E-state index in [2.05, 4.69) is 40.6 Å². The number of hydrogen-bond acceptors (Lipinski definition) is 4. The molecule has 1 aliphatic heterocycles. The predicted molar refractivity (Wildman–Crippen MR) is 114 cm³/mol. The normalized spacial score (nSPS) is 12.9. The third kappa shape index (κ3) is 4.57. The van der Waals surface area contributed by atoms with E-state index in [1.165, 1.54) is 16.7 Å². The molecule has 0 spiro atoms. The van der Waals surface area contributed by atoms with Crippen LogP contribution in [0.25, 0.3) is 0 Å². The van der Waals surface area contributed by atoms with E-state index in [9.17, 15) is 4.79 Å². The van der Waals surface area contributed by atoms with Crippen LogP contribution < -0.4 is 10.1 Å². The summed E-state index contributed by atoms with van der Waals surface area (Å²) in [6.07, 6.45) is 3.47. The fourth-order valence-electron chi connectivity index (χ4n) is 3.63. The van der Waals surface area contributed by atoms with Gasteiger partial charge in [-0.2, -0.15) is 0 Å². The predicted octanol–water partition coefficient (Wildman–Crippen LogP) is 3.94. The number of aromatic nitrogens is 1. The lowest BCUT2D eigenvalue weighted by Crippen LogP contribution is -2.36. The van der Waals surface area contributed by atoms with Gasteiger partial charge in [0.25, 0.3) is 5.91 Å². The van der Waals surface area contributed by atoms with Gasteiger partial charge in [-0.25, -0.2) is 0 Å². The molecule has 2 aromatic carbocycles. The molecule has 0 radical (unpaired) electrons. The fraction of sp³-hybridized carbons (Fsp3) is 0.250. The van der Waals surface area contributed by atoms with Gasteiger partial charge in [0.2, 0.25) is 0 Å². The van der Waals surface area contributed by atoms with Crippen LogP contribution in [0.15, 0.2) is 66.9 Å². The Balaban J connectivity index is 1.36. The number of carbonyl (C=O) groups excluding carboxylic acids is 1. The zero-order valence-electron chi connectivity index (χ0n) is 16.6. The lowest BCUT2D eigenvalue weighted by molar-refractivity contribution is 0.0729. The Morgan fingerprint density at radius 2 is 1.90 bits per heavy atom. The van der Waals surface area contributed by atoms with Crippen LogP contribution in [0, 0.1) is 0 Å². The monoisotopic (exact) mass is 387 g/mol. The van der Waals surface area contributed by atoms with Gasteiger partial charge in [0, 0.05) is 31.5 Å². The number of methoxy groups -OCH3 is 1. The van der Waals surface area contributed by atoms with Gasteiger partial charge >= 0.3 is 0 Å². The summed E-state index contributed by atoms with van der Waals surface area (Å²) < 4.78 is 5.19. The van der Waals surface area contributed by atoms with Crippen LogP contribution in [0.5, 0.6) is 5.75 Å². The van der Waals surface area contributed by atoms with E-state index in [1.807, 2.05) is 35.2 Å². The maximum atomic E-state index is 12.9. The molecule has 0 fully saturated rings. The van der Waals surface area contributed by atoms with Crippen LogP contribution in [0.4, 0.5) is 5.69 Å². The van der Waals surface area contributed by atoms with Crippen LogP contribution in [0.3, 0.4) is 0 Å². The first-order valence-electron chi connectivity index (χ1n) is 9.92. The molecule has 0 saturated heterocycles. The Hall–Kier alpha value is -3.34. The second-order valence-corrected chi connectivity index (χ2v) is 7.20. The number of carbonyl (C=O) groups is 1. The van der Waals surface area contributed by atoms with Crippen LogP contribution >= 0.6 is 0 Å². The van der Waals surface area contributed by atoms with Gasteiger partial charge in [0.15, 0.2) is 0 Å². The largest absolute Gasteiger partial charge is 0.497 e. The highest BCUT2D eigenvalue weighted by Gasteiger charge is 2.22. The number of nitrogens with one attached hydrogen (secondary N) is 1. The number of anilines is 1. The minimum atomic E-state index is -0.0155. The first-order valence-corrected chi connectivity index (χ1v) is 9.92. The highest BCUT2D eigenvalue weighted by molar-refractivity contribution is 5.93. The molecule has 3 aromatic rings. The SMILES string of the molecule is COc1ccc(CCNc2ccnc(C(=O)N3CCc4ccccc4C3)c2)cc1. The number of fused-ring (bicyclic) bond motifs is 1. The van der Waals surface area contributed by atoms with E-state index < -0.39 is 0 Å². The van der Waals surface area contributed by atoms with Crippen LogP contribution in [0.1, 0.15) is 27.2 Å². The zero-order valence-corrected chi connectivity index (χ0v) is 16.6. The molecule has 0 bridgehead atoms. The third-order valence-corrected chi connectivity index (χ3v) is 5.30. The summed E-state index contributed by atoms with van der Waals surface area (Å²) in [4.78, 5) is 19.1. The quantitative estimate of drug-likeness (QED) is 0.696. The van der Waals surface area contributed by atoms with Gasteiger partial charge < -0.3 is 15.0 Å². The highest BCUT2D eigenvalue weighted by atomic mass is 16.5. The molecular weight excluding hydrogens is 362 g/mol. The van der Waals surface area contributed by atoms with Crippen molar-refractivity contribution in [2.45, 2.75) is 19.4 Å². The minimum Gasteiger partial charge on any atom is -0.497 e. The van der Waals surface area contributed by atoms with E-state index in [4.69, 9.17) is 4.74 Å². The molecule has 5 heteroatoms. The van der Waals surface area contributed by atoms with E-state index >= 15 is 0 Å². The molecule has 1 amide bonds. The molecule has 29 heavy (non-hydrogen) atoms. The molecule has 2 heterocycles. The summed E-state index contributed by atoms with van der Waals surface area (Å²) in [5.41, 5.74) is 5.18. The van der Waals surface area contributed by atoms with Gasteiger partial charge in [-0.3, -0.25) is 9.78 Å². The lowest BCUT2D eigenvalue weighted by atomic mass is 10.00. The van der Waals surface area contributed by atoms with Crippen molar-refractivity contribution in [2.75, 3.05) is 25.5 Å². The fourth-order valence-corrected chi connectivity index (χ4v) is 3.63. The second-order valence-electron chi connectivity index (χ2n) is 7.20. The number of hydrogen-bond donors (Lipinski definition) is 1. The topological polar surface area (TPSA) is 54.5 Å². The number of benzene rings is 2. The molecule has 1 N–H and O–H groups in total. The zero-order chi connectivity index (χ0) is 20.1. The van der Waals surface area contributed by atoms with Crippen LogP contribution in [-0.4, -0.2) is 36.0 Å². The van der Waals surface area contributed by atoms with E-state index in [1.54, 1.807) is 13.3 Å². The number of pyridine rings is 1. The summed E-state index contributed by atoms with van der Waals surface area (Å²) in [6, 6.07) is 20.1. The first-order chi connectivity index (χ1) is 14.2. The Morgan fingerprint density at radius 3 is 2.69 bits per heavy atom. The van der Waals surface area contributed by atoms with E-state index in [0.29, 0.717) is 12.2 Å². The van der Waals surface area contributed by atoms with Gasteiger partial charge in [-0.05, 0) is 53.8 Å². The van der Waals surface area contributed by atoms with Gasteiger partial charge in [0.1, 0.15) is 11.4 Å². The van der Waals surface area contributed by atoms with Crippen molar-refractivity contribution in [1.82, 2.24) is 9.88 Å². The molecule has 1 aliphatic rings. The van der Waals surface area contributed by atoms with Crippen molar-refractivity contribution in [3.8, 4) is 5.75 Å². The molecule has 1 aromatic heterocycles. The van der Waals surface area contributed by atoms with Crippen molar-refractivity contribution in [1.29, 1.82) is 0 Å². The summed E-state index contributed by atoms with van der Waals surface area (Å²) in [5.74, 6) is 0.845. The minimum absolute atomic E-state index is 0.0155. The maximum absolute atomic E-state index is 12.9. The number of amides is 1.